The standard InChI is InChI=1S/C14H18N2O2/c1-4-14(18)16(3)10-15-13-8-6-5-7-12(13)11(2)9-17/h5-10,17H,4H2,1-3H3. The lowest BCUT2D eigenvalue weighted by Crippen LogP contribution is -2.23. The SMILES string of the molecule is CCC(=O)N(C)C=Nc1ccccc1C(C)=CO. The van der Waals surface area contributed by atoms with Crippen molar-refractivity contribution in [2.24, 2.45) is 4.99 Å². The number of aliphatic hydroxyl groups excluding tert-OH is 1. The molecule has 0 unspecified atom stereocenters. The van der Waals surface area contributed by atoms with Gasteiger partial charge in [0.25, 0.3) is 0 Å². The van der Waals surface area contributed by atoms with Crippen LogP contribution < -0.4 is 0 Å². The molecule has 0 radical (unpaired) electrons. The van der Waals surface area contributed by atoms with Crippen LogP contribution in [0.4, 0.5) is 5.69 Å². The van der Waals surface area contributed by atoms with Crippen molar-refractivity contribution in [2.75, 3.05) is 7.05 Å². The van der Waals surface area contributed by atoms with Crippen molar-refractivity contribution in [2.45, 2.75) is 20.3 Å². The molecule has 96 valence electrons. The van der Waals surface area contributed by atoms with E-state index >= 15 is 0 Å². The van der Waals surface area contributed by atoms with Crippen LogP contribution in [-0.4, -0.2) is 29.3 Å². The number of para-hydroxylation sites is 1. The molecule has 0 saturated heterocycles. The molecule has 1 aromatic carbocycles. The molecule has 0 fully saturated rings. The highest BCUT2D eigenvalue weighted by atomic mass is 16.2. The number of hydrogen-bond donors (Lipinski definition) is 1. The first-order valence-electron chi connectivity index (χ1n) is 5.80. The molecule has 1 amide bonds. The van der Waals surface area contributed by atoms with Gasteiger partial charge in [-0.25, -0.2) is 4.99 Å². The van der Waals surface area contributed by atoms with E-state index in [-0.39, 0.29) is 5.91 Å². The van der Waals surface area contributed by atoms with Gasteiger partial charge in [0.1, 0.15) is 0 Å². The summed E-state index contributed by atoms with van der Waals surface area (Å²) in [6.07, 6.45) is 2.99. The molecular weight excluding hydrogens is 228 g/mol. The normalized spacial score (nSPS) is 11.8. The van der Waals surface area contributed by atoms with Gasteiger partial charge >= 0.3 is 0 Å². The zero-order chi connectivity index (χ0) is 13.5. The molecular formula is C14H18N2O2. The van der Waals surface area contributed by atoms with Crippen molar-refractivity contribution in [3.05, 3.63) is 36.1 Å². The van der Waals surface area contributed by atoms with Crippen molar-refractivity contribution in [1.29, 1.82) is 0 Å². The fourth-order valence-electron chi connectivity index (χ4n) is 1.45. The number of allylic oxidation sites excluding steroid dienone is 1. The molecule has 0 atom stereocenters. The van der Waals surface area contributed by atoms with E-state index in [0.717, 1.165) is 23.1 Å². The summed E-state index contributed by atoms with van der Waals surface area (Å²) >= 11 is 0. The molecule has 1 N–H and O–H groups in total. The first kappa shape index (κ1) is 14.0. The van der Waals surface area contributed by atoms with Gasteiger partial charge in [0.2, 0.25) is 5.91 Å². The van der Waals surface area contributed by atoms with Gasteiger partial charge in [-0.05, 0) is 18.6 Å². The molecule has 0 aliphatic carbocycles. The molecule has 0 saturated carbocycles. The third-order valence-electron chi connectivity index (χ3n) is 2.59. The van der Waals surface area contributed by atoms with Crippen molar-refractivity contribution in [1.82, 2.24) is 4.90 Å². The summed E-state index contributed by atoms with van der Waals surface area (Å²) in [6, 6.07) is 7.45. The Bertz CT molecular complexity index is 478. The first-order valence-corrected chi connectivity index (χ1v) is 5.80. The Hall–Kier alpha value is -2.10. The third kappa shape index (κ3) is 3.45. The molecule has 1 rings (SSSR count). The molecule has 0 aliphatic heterocycles. The second kappa shape index (κ2) is 6.59. The summed E-state index contributed by atoms with van der Waals surface area (Å²) in [5, 5.41) is 9.04. The quantitative estimate of drug-likeness (QED) is 0.504. The second-order valence-electron chi connectivity index (χ2n) is 3.93. The number of benzene rings is 1. The molecule has 0 aromatic heterocycles. The van der Waals surface area contributed by atoms with Crippen LogP contribution in [0.25, 0.3) is 5.57 Å². The summed E-state index contributed by atoms with van der Waals surface area (Å²) in [7, 11) is 1.67. The lowest BCUT2D eigenvalue weighted by Gasteiger charge is -2.10. The maximum Gasteiger partial charge on any atom is 0.227 e. The predicted octanol–water partition coefficient (Wildman–Crippen LogP) is 3.13. The zero-order valence-electron chi connectivity index (χ0n) is 10.9. The van der Waals surface area contributed by atoms with Crippen LogP contribution in [0.15, 0.2) is 35.5 Å². The highest BCUT2D eigenvalue weighted by molar-refractivity contribution is 5.88. The molecule has 18 heavy (non-hydrogen) atoms. The molecule has 0 heterocycles. The third-order valence-corrected chi connectivity index (χ3v) is 2.59. The molecule has 1 aromatic rings. The number of rotatable bonds is 4. The summed E-state index contributed by atoms with van der Waals surface area (Å²) < 4.78 is 0. The Morgan fingerprint density at radius 1 is 1.44 bits per heavy atom. The number of aliphatic imine (C=N–C) groups is 1. The minimum absolute atomic E-state index is 0.00523. The van der Waals surface area contributed by atoms with Gasteiger partial charge in [0.15, 0.2) is 0 Å². The largest absolute Gasteiger partial charge is 0.515 e. The van der Waals surface area contributed by atoms with Crippen LogP contribution in [-0.2, 0) is 4.79 Å². The average molecular weight is 246 g/mol. The minimum Gasteiger partial charge on any atom is -0.515 e. The van der Waals surface area contributed by atoms with Crippen molar-refractivity contribution in [3.63, 3.8) is 0 Å². The number of carbonyl (C=O) groups is 1. The Morgan fingerprint density at radius 2 is 2.11 bits per heavy atom. The molecule has 4 heteroatoms. The topological polar surface area (TPSA) is 52.9 Å². The monoisotopic (exact) mass is 246 g/mol. The number of carbonyl (C=O) groups excluding carboxylic acids is 1. The van der Waals surface area contributed by atoms with Gasteiger partial charge in [-0.2, -0.15) is 0 Å². The Kier molecular flexibility index (Phi) is 5.11. The highest BCUT2D eigenvalue weighted by Gasteiger charge is 2.04. The fraction of sp³-hybridized carbons (Fsp3) is 0.286. The number of nitrogens with zero attached hydrogens (tertiary/aromatic N) is 2. The smallest absolute Gasteiger partial charge is 0.227 e. The van der Waals surface area contributed by atoms with Crippen LogP contribution >= 0.6 is 0 Å². The minimum atomic E-state index is 0.00523. The maximum absolute atomic E-state index is 11.4. The van der Waals surface area contributed by atoms with E-state index in [2.05, 4.69) is 4.99 Å². The zero-order valence-corrected chi connectivity index (χ0v) is 10.9. The van der Waals surface area contributed by atoms with E-state index in [9.17, 15) is 4.79 Å². The Balaban J connectivity index is 2.98. The van der Waals surface area contributed by atoms with E-state index in [4.69, 9.17) is 5.11 Å². The van der Waals surface area contributed by atoms with Gasteiger partial charge in [-0.1, -0.05) is 25.1 Å². The Morgan fingerprint density at radius 3 is 2.72 bits per heavy atom. The number of aliphatic hydroxyl groups is 1. The first-order chi connectivity index (χ1) is 8.60. The van der Waals surface area contributed by atoms with Crippen molar-refractivity contribution < 1.29 is 9.90 Å². The summed E-state index contributed by atoms with van der Waals surface area (Å²) in [4.78, 5) is 17.1. The van der Waals surface area contributed by atoms with E-state index in [1.807, 2.05) is 24.3 Å². The van der Waals surface area contributed by atoms with Crippen LogP contribution in [0.2, 0.25) is 0 Å². The van der Waals surface area contributed by atoms with Crippen molar-refractivity contribution in [3.8, 4) is 0 Å². The van der Waals surface area contributed by atoms with E-state index in [0.29, 0.717) is 6.42 Å². The fourth-order valence-corrected chi connectivity index (χ4v) is 1.45. The summed E-state index contributed by atoms with van der Waals surface area (Å²) in [5.41, 5.74) is 2.29. The van der Waals surface area contributed by atoms with E-state index < -0.39 is 0 Å². The van der Waals surface area contributed by atoms with Crippen LogP contribution in [0, 0.1) is 0 Å². The Labute approximate surface area is 107 Å². The molecule has 0 spiro atoms. The lowest BCUT2D eigenvalue weighted by atomic mass is 10.1. The van der Waals surface area contributed by atoms with Gasteiger partial charge in [-0.3, -0.25) is 4.79 Å². The van der Waals surface area contributed by atoms with Gasteiger partial charge in [0, 0.05) is 19.0 Å². The average Bonchev–Trinajstić information content (AvgIpc) is 2.43. The van der Waals surface area contributed by atoms with Gasteiger partial charge in [0.05, 0.1) is 18.3 Å². The van der Waals surface area contributed by atoms with Crippen LogP contribution in [0.5, 0.6) is 0 Å². The molecule has 0 bridgehead atoms. The summed E-state index contributed by atoms with van der Waals surface area (Å²) in [6.45, 7) is 3.61. The van der Waals surface area contributed by atoms with Gasteiger partial charge in [-0.15, -0.1) is 0 Å². The number of hydrogen-bond acceptors (Lipinski definition) is 3. The van der Waals surface area contributed by atoms with Crippen molar-refractivity contribution >= 4 is 23.5 Å². The summed E-state index contributed by atoms with van der Waals surface area (Å²) in [5.74, 6) is 0.00523. The number of amides is 1. The van der Waals surface area contributed by atoms with Crippen LogP contribution in [0.3, 0.4) is 0 Å². The van der Waals surface area contributed by atoms with Crippen LogP contribution in [0.1, 0.15) is 25.8 Å². The highest BCUT2D eigenvalue weighted by Crippen LogP contribution is 2.25. The predicted molar refractivity (Wildman–Crippen MR) is 73.9 cm³/mol. The second-order valence-corrected chi connectivity index (χ2v) is 3.93. The van der Waals surface area contributed by atoms with E-state index in [1.165, 1.54) is 11.2 Å². The molecule has 0 aliphatic rings. The lowest BCUT2D eigenvalue weighted by molar-refractivity contribution is -0.125. The molecule has 4 nitrogen and oxygen atoms in total. The maximum atomic E-state index is 11.4. The van der Waals surface area contributed by atoms with Gasteiger partial charge < -0.3 is 10.0 Å². The van der Waals surface area contributed by atoms with E-state index in [1.54, 1.807) is 20.9 Å².